The number of anilines is 2. The minimum absolute atomic E-state index is 0.0886. The van der Waals surface area contributed by atoms with Crippen LogP contribution in [0.3, 0.4) is 0 Å². The molecule has 3 aromatic rings. The van der Waals surface area contributed by atoms with Gasteiger partial charge < -0.3 is 16.0 Å². The lowest BCUT2D eigenvalue weighted by atomic mass is 10.0. The molecule has 1 aromatic heterocycles. The Bertz CT molecular complexity index is 1110. The molecule has 0 aliphatic heterocycles. The fourth-order valence-corrected chi connectivity index (χ4v) is 3.07. The summed E-state index contributed by atoms with van der Waals surface area (Å²) < 4.78 is 40.0. The summed E-state index contributed by atoms with van der Waals surface area (Å²) in [5.74, 6) is -0.581. The van der Waals surface area contributed by atoms with E-state index in [4.69, 9.17) is 0 Å². The molecule has 31 heavy (non-hydrogen) atoms. The molecule has 0 fully saturated rings. The van der Waals surface area contributed by atoms with E-state index in [9.17, 15) is 22.8 Å². The van der Waals surface area contributed by atoms with Crippen molar-refractivity contribution in [2.75, 3.05) is 24.7 Å². The van der Waals surface area contributed by atoms with E-state index in [1.165, 1.54) is 36.1 Å². The van der Waals surface area contributed by atoms with Gasteiger partial charge >= 0.3 is 6.18 Å². The van der Waals surface area contributed by atoms with E-state index in [1.807, 2.05) is 0 Å². The molecular weight excluding hydrogens is 411 g/mol. The predicted molar refractivity (Wildman–Crippen MR) is 110 cm³/mol. The van der Waals surface area contributed by atoms with Crippen LogP contribution in [0, 0.1) is 0 Å². The summed E-state index contributed by atoms with van der Waals surface area (Å²) >= 11 is 0. The molecule has 162 valence electrons. The van der Waals surface area contributed by atoms with Crippen LogP contribution in [0.5, 0.6) is 0 Å². The SMILES string of the molecule is CNC(=O)c1c(CC(=O)Nc2ccn(-c3cccc(C(F)(F)F)c3)n2)cccc1NC. The number of amides is 2. The van der Waals surface area contributed by atoms with Crippen LogP contribution in [-0.4, -0.2) is 35.7 Å². The number of rotatable bonds is 6. The van der Waals surface area contributed by atoms with Crippen molar-refractivity contribution >= 4 is 23.3 Å². The lowest BCUT2D eigenvalue weighted by Crippen LogP contribution is -2.23. The number of carbonyl (C=O) groups is 2. The molecule has 10 heteroatoms. The summed E-state index contributed by atoms with van der Waals surface area (Å²) in [6.45, 7) is 0. The van der Waals surface area contributed by atoms with Crippen molar-refractivity contribution in [3.63, 3.8) is 0 Å². The molecular formula is C21H20F3N5O2. The Morgan fingerprint density at radius 3 is 2.48 bits per heavy atom. The zero-order valence-corrected chi connectivity index (χ0v) is 16.7. The highest BCUT2D eigenvalue weighted by Crippen LogP contribution is 2.30. The first-order valence-electron chi connectivity index (χ1n) is 9.28. The van der Waals surface area contributed by atoms with Crippen LogP contribution >= 0.6 is 0 Å². The maximum Gasteiger partial charge on any atom is 0.416 e. The van der Waals surface area contributed by atoms with Crippen LogP contribution in [-0.2, 0) is 17.4 Å². The molecule has 0 aliphatic rings. The maximum absolute atomic E-state index is 12.9. The smallest absolute Gasteiger partial charge is 0.387 e. The zero-order valence-electron chi connectivity index (χ0n) is 16.7. The molecule has 2 amide bonds. The van der Waals surface area contributed by atoms with E-state index in [-0.39, 0.29) is 23.8 Å². The Kier molecular flexibility index (Phi) is 6.28. The van der Waals surface area contributed by atoms with Crippen molar-refractivity contribution in [1.82, 2.24) is 15.1 Å². The van der Waals surface area contributed by atoms with Gasteiger partial charge in [-0.25, -0.2) is 4.68 Å². The van der Waals surface area contributed by atoms with Crippen molar-refractivity contribution in [2.45, 2.75) is 12.6 Å². The first-order valence-corrected chi connectivity index (χ1v) is 9.28. The van der Waals surface area contributed by atoms with Crippen LogP contribution in [0.4, 0.5) is 24.7 Å². The molecule has 3 rings (SSSR count). The summed E-state index contributed by atoms with van der Waals surface area (Å²) in [6.07, 6.45) is -3.11. The van der Waals surface area contributed by atoms with Gasteiger partial charge in [0.05, 0.1) is 23.2 Å². The van der Waals surface area contributed by atoms with Crippen LogP contribution in [0.15, 0.2) is 54.7 Å². The fraction of sp³-hybridized carbons (Fsp3) is 0.190. The molecule has 0 unspecified atom stereocenters. The molecule has 0 spiro atoms. The summed E-state index contributed by atoms with van der Waals surface area (Å²) in [5.41, 5.74) is 0.868. The molecule has 7 nitrogen and oxygen atoms in total. The molecule has 0 atom stereocenters. The average molecular weight is 431 g/mol. The molecule has 3 N–H and O–H groups in total. The number of aromatic nitrogens is 2. The molecule has 0 saturated carbocycles. The quantitative estimate of drug-likeness (QED) is 0.558. The predicted octanol–water partition coefficient (Wildman–Crippen LogP) is 3.47. The van der Waals surface area contributed by atoms with E-state index in [0.717, 1.165) is 12.1 Å². The van der Waals surface area contributed by atoms with Gasteiger partial charge in [-0.2, -0.15) is 18.3 Å². The monoisotopic (exact) mass is 431 g/mol. The van der Waals surface area contributed by atoms with Gasteiger partial charge in [0, 0.05) is 32.0 Å². The number of benzene rings is 2. The van der Waals surface area contributed by atoms with E-state index in [2.05, 4.69) is 21.0 Å². The van der Waals surface area contributed by atoms with Gasteiger partial charge in [-0.15, -0.1) is 0 Å². The Morgan fingerprint density at radius 1 is 1.06 bits per heavy atom. The molecule has 2 aromatic carbocycles. The van der Waals surface area contributed by atoms with Gasteiger partial charge in [-0.1, -0.05) is 18.2 Å². The summed E-state index contributed by atoms with van der Waals surface area (Å²) in [7, 11) is 3.17. The van der Waals surface area contributed by atoms with Crippen molar-refractivity contribution in [3.05, 3.63) is 71.4 Å². The van der Waals surface area contributed by atoms with Gasteiger partial charge in [0.25, 0.3) is 5.91 Å². The van der Waals surface area contributed by atoms with E-state index in [0.29, 0.717) is 16.8 Å². The normalized spacial score (nSPS) is 11.1. The fourth-order valence-electron chi connectivity index (χ4n) is 3.07. The number of halogens is 3. The number of nitrogens with one attached hydrogen (secondary N) is 3. The minimum atomic E-state index is -4.47. The topological polar surface area (TPSA) is 88.1 Å². The number of hydrogen-bond donors (Lipinski definition) is 3. The molecule has 0 aliphatic carbocycles. The van der Waals surface area contributed by atoms with E-state index >= 15 is 0 Å². The molecule has 0 radical (unpaired) electrons. The van der Waals surface area contributed by atoms with Gasteiger partial charge in [0.2, 0.25) is 5.91 Å². The second-order valence-electron chi connectivity index (χ2n) is 6.59. The van der Waals surface area contributed by atoms with Crippen molar-refractivity contribution in [3.8, 4) is 5.69 Å². The summed E-state index contributed by atoms with van der Waals surface area (Å²) in [4.78, 5) is 24.7. The second kappa shape index (κ2) is 8.90. The highest BCUT2D eigenvalue weighted by atomic mass is 19.4. The Morgan fingerprint density at radius 2 is 1.81 bits per heavy atom. The van der Waals surface area contributed by atoms with E-state index in [1.54, 1.807) is 25.2 Å². The van der Waals surface area contributed by atoms with E-state index < -0.39 is 17.6 Å². The third-order valence-electron chi connectivity index (χ3n) is 4.52. The Labute approximate surface area is 176 Å². The lowest BCUT2D eigenvalue weighted by Gasteiger charge is -2.13. The Hall–Kier alpha value is -3.82. The number of nitrogens with zero attached hydrogens (tertiary/aromatic N) is 2. The number of alkyl halides is 3. The van der Waals surface area contributed by atoms with Crippen LogP contribution in [0.2, 0.25) is 0 Å². The van der Waals surface area contributed by atoms with Crippen LogP contribution in [0.1, 0.15) is 21.5 Å². The third kappa shape index (κ3) is 5.03. The highest BCUT2D eigenvalue weighted by Gasteiger charge is 2.30. The first kappa shape index (κ1) is 21.9. The standard InChI is InChI=1S/C21H20F3N5O2/c1-25-16-8-3-5-13(19(16)20(31)26-2)11-18(30)27-17-9-10-29(28-17)15-7-4-6-14(12-15)21(22,23)24/h3-10,12,25H,11H2,1-2H3,(H,26,31)(H,27,28,30). The minimum Gasteiger partial charge on any atom is -0.387 e. The maximum atomic E-state index is 12.9. The number of carbonyl (C=O) groups excluding carboxylic acids is 2. The largest absolute Gasteiger partial charge is 0.416 e. The first-order chi connectivity index (χ1) is 14.7. The van der Waals surface area contributed by atoms with Gasteiger partial charge in [0.15, 0.2) is 5.82 Å². The van der Waals surface area contributed by atoms with Crippen molar-refractivity contribution in [1.29, 1.82) is 0 Å². The lowest BCUT2D eigenvalue weighted by molar-refractivity contribution is -0.137. The summed E-state index contributed by atoms with van der Waals surface area (Å²) in [5, 5.41) is 12.2. The zero-order chi connectivity index (χ0) is 22.6. The Balaban J connectivity index is 1.77. The molecule has 0 bridgehead atoms. The molecule has 1 heterocycles. The van der Waals surface area contributed by atoms with Crippen LogP contribution in [0.25, 0.3) is 5.69 Å². The number of hydrogen-bond acceptors (Lipinski definition) is 4. The average Bonchev–Trinajstić information content (AvgIpc) is 3.20. The van der Waals surface area contributed by atoms with Crippen LogP contribution < -0.4 is 16.0 Å². The molecule has 0 saturated heterocycles. The third-order valence-corrected chi connectivity index (χ3v) is 4.52. The van der Waals surface area contributed by atoms with Crippen molar-refractivity contribution in [2.24, 2.45) is 0 Å². The second-order valence-corrected chi connectivity index (χ2v) is 6.59. The highest BCUT2D eigenvalue weighted by molar-refractivity contribution is 6.03. The van der Waals surface area contributed by atoms with Gasteiger partial charge in [-0.05, 0) is 29.8 Å². The summed E-state index contributed by atoms with van der Waals surface area (Å²) in [6, 6.07) is 11.3. The van der Waals surface area contributed by atoms with Gasteiger partial charge in [-0.3, -0.25) is 9.59 Å². The van der Waals surface area contributed by atoms with Gasteiger partial charge in [0.1, 0.15) is 0 Å². The van der Waals surface area contributed by atoms with Crippen molar-refractivity contribution < 1.29 is 22.8 Å².